The zero-order valence-electron chi connectivity index (χ0n) is 16.8. The quantitative estimate of drug-likeness (QED) is 0.515. The van der Waals surface area contributed by atoms with Crippen LogP contribution in [-0.2, 0) is 9.47 Å². The maximum Gasteiger partial charge on any atom is 0.100 e. The number of halogens is 1. The van der Waals surface area contributed by atoms with Crippen LogP contribution in [0.1, 0.15) is 78.6 Å². The van der Waals surface area contributed by atoms with E-state index in [4.69, 9.17) is 9.47 Å². The molecule has 2 aliphatic carbocycles. The van der Waals surface area contributed by atoms with Gasteiger partial charge in [-0.15, -0.1) is 0 Å². The molecule has 0 aromatic heterocycles. The molecule has 0 spiro atoms. The lowest BCUT2D eigenvalue weighted by Gasteiger charge is -2.34. The molecule has 0 unspecified atom stereocenters. The summed E-state index contributed by atoms with van der Waals surface area (Å²) in [4.78, 5) is 2.53. The second-order valence-corrected chi connectivity index (χ2v) is 8.70. The Labute approximate surface area is 154 Å². The average Bonchev–Trinajstić information content (AvgIpc) is 2.60. The largest absolute Gasteiger partial charge is 0.377 e. The number of hydrogen-bond acceptors (Lipinski definition) is 3. The first kappa shape index (κ1) is 21.1. The SMILES string of the molecule is CCN(CCOCC(C)(C)OC1CCC(F)CC1)CC1CCCCC1. The van der Waals surface area contributed by atoms with Gasteiger partial charge in [-0.1, -0.05) is 26.2 Å². The van der Waals surface area contributed by atoms with Crippen molar-refractivity contribution in [2.24, 2.45) is 5.92 Å². The Morgan fingerprint density at radius 3 is 2.32 bits per heavy atom. The summed E-state index contributed by atoms with van der Waals surface area (Å²) >= 11 is 0. The zero-order valence-corrected chi connectivity index (χ0v) is 16.8. The highest BCUT2D eigenvalue weighted by molar-refractivity contribution is 4.77. The van der Waals surface area contributed by atoms with Crippen LogP contribution in [-0.4, -0.2) is 55.6 Å². The minimum atomic E-state index is -0.622. The fraction of sp³-hybridized carbons (Fsp3) is 1.00. The predicted molar refractivity (Wildman–Crippen MR) is 102 cm³/mol. The van der Waals surface area contributed by atoms with Crippen LogP contribution in [0, 0.1) is 5.92 Å². The van der Waals surface area contributed by atoms with E-state index in [0.29, 0.717) is 19.4 Å². The molecule has 3 nitrogen and oxygen atoms in total. The van der Waals surface area contributed by atoms with Crippen molar-refractivity contribution in [1.82, 2.24) is 4.90 Å². The molecular weight excluding hydrogens is 317 g/mol. The van der Waals surface area contributed by atoms with E-state index in [1.807, 2.05) is 0 Å². The summed E-state index contributed by atoms with van der Waals surface area (Å²) in [6.45, 7) is 11.2. The van der Waals surface area contributed by atoms with Crippen molar-refractivity contribution in [1.29, 1.82) is 0 Å². The van der Waals surface area contributed by atoms with E-state index < -0.39 is 6.17 Å². The molecule has 2 saturated carbocycles. The Hall–Kier alpha value is -0.190. The Morgan fingerprint density at radius 2 is 1.68 bits per heavy atom. The van der Waals surface area contributed by atoms with Crippen LogP contribution in [0.2, 0.25) is 0 Å². The molecule has 25 heavy (non-hydrogen) atoms. The Kier molecular flexibility index (Phi) is 9.15. The molecule has 0 atom stereocenters. The molecule has 0 bridgehead atoms. The van der Waals surface area contributed by atoms with Crippen molar-refractivity contribution < 1.29 is 13.9 Å². The number of alkyl halides is 1. The smallest absolute Gasteiger partial charge is 0.100 e. The molecule has 4 heteroatoms. The average molecular weight is 358 g/mol. The third-order valence-electron chi connectivity index (χ3n) is 5.78. The maximum absolute atomic E-state index is 13.2. The highest BCUT2D eigenvalue weighted by Gasteiger charge is 2.28. The van der Waals surface area contributed by atoms with Gasteiger partial charge in [-0.3, -0.25) is 0 Å². The Bertz CT molecular complexity index is 350. The molecule has 0 heterocycles. The van der Waals surface area contributed by atoms with E-state index in [9.17, 15) is 4.39 Å². The summed E-state index contributed by atoms with van der Waals surface area (Å²) in [5.74, 6) is 0.888. The van der Waals surface area contributed by atoms with Crippen LogP contribution < -0.4 is 0 Å². The fourth-order valence-electron chi connectivity index (χ4n) is 4.25. The summed E-state index contributed by atoms with van der Waals surface area (Å²) < 4.78 is 25.3. The zero-order chi connectivity index (χ0) is 18.1. The summed E-state index contributed by atoms with van der Waals surface area (Å²) in [5, 5.41) is 0. The third-order valence-corrected chi connectivity index (χ3v) is 5.78. The lowest BCUT2D eigenvalue weighted by molar-refractivity contribution is -0.125. The van der Waals surface area contributed by atoms with Crippen LogP contribution in [0.4, 0.5) is 4.39 Å². The Balaban J connectivity index is 1.59. The van der Waals surface area contributed by atoms with E-state index in [1.165, 1.54) is 38.6 Å². The summed E-state index contributed by atoms with van der Waals surface area (Å²) in [6, 6.07) is 0. The normalized spacial score (nSPS) is 26.3. The van der Waals surface area contributed by atoms with Crippen molar-refractivity contribution in [3.05, 3.63) is 0 Å². The van der Waals surface area contributed by atoms with E-state index in [-0.39, 0.29) is 11.7 Å². The molecule has 0 aromatic rings. The maximum atomic E-state index is 13.2. The molecule has 0 aliphatic heterocycles. The van der Waals surface area contributed by atoms with E-state index in [1.54, 1.807) is 0 Å². The molecule has 2 rings (SSSR count). The van der Waals surface area contributed by atoms with Gasteiger partial charge in [0.25, 0.3) is 0 Å². The van der Waals surface area contributed by atoms with E-state index in [0.717, 1.165) is 38.5 Å². The first-order valence-electron chi connectivity index (χ1n) is 10.6. The van der Waals surface area contributed by atoms with Gasteiger partial charge < -0.3 is 14.4 Å². The number of ether oxygens (including phenoxy) is 2. The lowest BCUT2D eigenvalue weighted by atomic mass is 9.89. The number of hydrogen-bond donors (Lipinski definition) is 0. The van der Waals surface area contributed by atoms with Gasteiger partial charge in [0.2, 0.25) is 0 Å². The molecule has 0 radical (unpaired) electrons. The molecule has 0 saturated heterocycles. The van der Waals surface area contributed by atoms with Gasteiger partial charge in [0.15, 0.2) is 0 Å². The molecule has 148 valence electrons. The highest BCUT2D eigenvalue weighted by atomic mass is 19.1. The van der Waals surface area contributed by atoms with Crippen LogP contribution in [0.15, 0.2) is 0 Å². The van der Waals surface area contributed by atoms with E-state index in [2.05, 4.69) is 25.7 Å². The molecule has 2 fully saturated rings. The molecule has 0 N–H and O–H groups in total. The van der Waals surface area contributed by atoms with Crippen LogP contribution >= 0.6 is 0 Å². The third kappa shape index (κ3) is 8.36. The van der Waals surface area contributed by atoms with Gasteiger partial charge >= 0.3 is 0 Å². The minimum absolute atomic E-state index is 0.198. The van der Waals surface area contributed by atoms with Gasteiger partial charge in [-0.25, -0.2) is 4.39 Å². The number of rotatable bonds is 10. The summed E-state index contributed by atoms with van der Waals surface area (Å²) in [7, 11) is 0. The van der Waals surface area contributed by atoms with Gasteiger partial charge in [-0.05, 0) is 64.8 Å². The number of likely N-dealkylation sites (N-methyl/N-ethyl adjacent to an activating group) is 1. The van der Waals surface area contributed by atoms with Gasteiger partial charge in [-0.2, -0.15) is 0 Å². The molecule has 0 amide bonds. The molecule has 2 aliphatic rings. The van der Waals surface area contributed by atoms with Crippen molar-refractivity contribution in [2.75, 3.05) is 32.8 Å². The van der Waals surface area contributed by atoms with Crippen molar-refractivity contribution in [3.63, 3.8) is 0 Å². The van der Waals surface area contributed by atoms with Crippen molar-refractivity contribution in [3.8, 4) is 0 Å². The van der Waals surface area contributed by atoms with Gasteiger partial charge in [0.05, 0.1) is 24.9 Å². The van der Waals surface area contributed by atoms with Gasteiger partial charge in [0.1, 0.15) is 6.17 Å². The second kappa shape index (κ2) is 10.8. The topological polar surface area (TPSA) is 21.7 Å². The van der Waals surface area contributed by atoms with Crippen molar-refractivity contribution in [2.45, 2.75) is 96.4 Å². The first-order chi connectivity index (χ1) is 12.0. The van der Waals surface area contributed by atoms with Crippen molar-refractivity contribution >= 4 is 0 Å². The Morgan fingerprint density at radius 1 is 1.00 bits per heavy atom. The number of nitrogens with zero attached hydrogens (tertiary/aromatic N) is 1. The molecule has 0 aromatic carbocycles. The van der Waals surface area contributed by atoms with Crippen LogP contribution in [0.3, 0.4) is 0 Å². The second-order valence-electron chi connectivity index (χ2n) is 8.70. The van der Waals surface area contributed by atoms with Gasteiger partial charge in [0, 0.05) is 13.1 Å². The van der Waals surface area contributed by atoms with Crippen LogP contribution in [0.25, 0.3) is 0 Å². The molecular formula is C21H40FNO2. The van der Waals surface area contributed by atoms with E-state index >= 15 is 0 Å². The monoisotopic (exact) mass is 357 g/mol. The fourth-order valence-corrected chi connectivity index (χ4v) is 4.25. The first-order valence-corrected chi connectivity index (χ1v) is 10.6. The predicted octanol–water partition coefficient (Wildman–Crippen LogP) is 4.98. The summed E-state index contributed by atoms with van der Waals surface area (Å²) in [6.07, 6.45) is 9.61. The summed E-state index contributed by atoms with van der Waals surface area (Å²) in [5.41, 5.74) is -0.284. The minimum Gasteiger partial charge on any atom is -0.377 e. The standard InChI is InChI=1S/C21H40FNO2/c1-4-23(16-18-8-6-5-7-9-18)14-15-24-17-21(2,3)25-20-12-10-19(22)11-13-20/h18-20H,4-17H2,1-3H3. The highest BCUT2D eigenvalue weighted by Crippen LogP contribution is 2.27. The van der Waals surface area contributed by atoms with Crippen LogP contribution in [0.5, 0.6) is 0 Å². The lowest BCUT2D eigenvalue weighted by Crippen LogP contribution is -2.38.